The van der Waals surface area contributed by atoms with E-state index in [-0.39, 0.29) is 11.8 Å². The van der Waals surface area contributed by atoms with Gasteiger partial charge in [0.15, 0.2) is 0 Å². The molecule has 2 aliphatic rings. The molecule has 1 aromatic carbocycles. The number of nitrogens with one attached hydrogen (secondary N) is 1. The molecule has 28 heavy (non-hydrogen) atoms. The number of carboxylic acids is 1. The minimum absolute atomic E-state index is 0.311. The SMILES string of the molecule is CC(C)CCN1CCN(S(=O)(=O)N[C@@]2(C(=O)O)[C@H](C)[C@@H]2c2ccccc2)CC1. The summed E-state index contributed by atoms with van der Waals surface area (Å²) in [5.74, 6) is -1.18. The van der Waals surface area contributed by atoms with Crippen LogP contribution in [0, 0.1) is 11.8 Å². The Morgan fingerprint density at radius 1 is 1.21 bits per heavy atom. The van der Waals surface area contributed by atoms with Gasteiger partial charge in [0.05, 0.1) is 0 Å². The molecule has 156 valence electrons. The number of hydrogen-bond donors (Lipinski definition) is 2. The summed E-state index contributed by atoms with van der Waals surface area (Å²) in [4.78, 5) is 14.4. The van der Waals surface area contributed by atoms with Crippen LogP contribution < -0.4 is 4.72 Å². The van der Waals surface area contributed by atoms with E-state index in [1.807, 2.05) is 30.3 Å². The van der Waals surface area contributed by atoms with Gasteiger partial charge in [0.1, 0.15) is 5.54 Å². The van der Waals surface area contributed by atoms with Crippen LogP contribution >= 0.6 is 0 Å². The quantitative estimate of drug-likeness (QED) is 0.683. The van der Waals surface area contributed by atoms with Crippen molar-refractivity contribution in [1.82, 2.24) is 13.9 Å². The molecule has 0 bridgehead atoms. The first-order valence-corrected chi connectivity index (χ1v) is 11.4. The highest BCUT2D eigenvalue weighted by molar-refractivity contribution is 7.87. The summed E-state index contributed by atoms with van der Waals surface area (Å²) in [5.41, 5.74) is -0.631. The molecule has 3 rings (SSSR count). The number of aliphatic carboxylic acids is 1. The average molecular weight is 410 g/mol. The van der Waals surface area contributed by atoms with E-state index in [9.17, 15) is 18.3 Å². The summed E-state index contributed by atoms with van der Waals surface area (Å²) in [6.45, 7) is 9.22. The van der Waals surface area contributed by atoms with Crippen LogP contribution in [0.4, 0.5) is 0 Å². The molecular formula is C20H31N3O4S. The lowest BCUT2D eigenvalue weighted by Gasteiger charge is -2.35. The molecule has 1 saturated carbocycles. The van der Waals surface area contributed by atoms with Crippen molar-refractivity contribution >= 4 is 16.2 Å². The van der Waals surface area contributed by atoms with Crippen LogP contribution in [-0.4, -0.2) is 67.0 Å². The molecule has 0 unspecified atom stereocenters. The Morgan fingerprint density at radius 3 is 2.36 bits per heavy atom. The molecule has 2 fully saturated rings. The lowest BCUT2D eigenvalue weighted by molar-refractivity contribution is -0.140. The maximum Gasteiger partial charge on any atom is 0.325 e. The van der Waals surface area contributed by atoms with Gasteiger partial charge in [-0.25, -0.2) is 0 Å². The fraction of sp³-hybridized carbons (Fsp3) is 0.650. The Labute approximate surface area is 167 Å². The zero-order chi connectivity index (χ0) is 20.5. The summed E-state index contributed by atoms with van der Waals surface area (Å²) >= 11 is 0. The fourth-order valence-corrected chi connectivity index (χ4v) is 5.81. The molecule has 1 aromatic rings. The van der Waals surface area contributed by atoms with E-state index in [0.717, 1.165) is 18.5 Å². The van der Waals surface area contributed by atoms with Crippen molar-refractivity contribution in [2.75, 3.05) is 32.7 Å². The Balaban J connectivity index is 1.68. The molecule has 1 aliphatic heterocycles. The van der Waals surface area contributed by atoms with E-state index >= 15 is 0 Å². The minimum Gasteiger partial charge on any atom is -0.480 e. The molecule has 0 radical (unpaired) electrons. The molecule has 0 spiro atoms. The van der Waals surface area contributed by atoms with E-state index in [1.54, 1.807) is 6.92 Å². The third kappa shape index (κ3) is 4.10. The van der Waals surface area contributed by atoms with E-state index < -0.39 is 21.7 Å². The Hall–Kier alpha value is -1.48. The van der Waals surface area contributed by atoms with Gasteiger partial charge in [0.2, 0.25) is 0 Å². The zero-order valence-electron chi connectivity index (χ0n) is 16.8. The third-order valence-corrected chi connectivity index (χ3v) is 7.74. The topological polar surface area (TPSA) is 90.0 Å². The van der Waals surface area contributed by atoms with Crippen molar-refractivity contribution in [3.05, 3.63) is 35.9 Å². The van der Waals surface area contributed by atoms with Crippen molar-refractivity contribution in [1.29, 1.82) is 0 Å². The van der Waals surface area contributed by atoms with Gasteiger partial charge in [0.25, 0.3) is 10.2 Å². The maximum atomic E-state index is 13.0. The second kappa shape index (κ2) is 8.10. The fourth-order valence-electron chi connectivity index (χ4n) is 4.21. The largest absolute Gasteiger partial charge is 0.480 e. The molecule has 2 N–H and O–H groups in total. The van der Waals surface area contributed by atoms with Crippen LogP contribution in [0.15, 0.2) is 30.3 Å². The highest BCUT2D eigenvalue weighted by atomic mass is 32.2. The monoisotopic (exact) mass is 409 g/mol. The highest BCUT2D eigenvalue weighted by Gasteiger charge is 2.70. The smallest absolute Gasteiger partial charge is 0.325 e. The Bertz CT molecular complexity index is 791. The summed E-state index contributed by atoms with van der Waals surface area (Å²) in [6.07, 6.45) is 1.09. The number of nitrogens with zero attached hydrogens (tertiary/aromatic N) is 2. The van der Waals surface area contributed by atoms with Gasteiger partial charge in [-0.2, -0.15) is 17.4 Å². The first kappa shape index (κ1) is 21.2. The number of hydrogen-bond acceptors (Lipinski definition) is 4. The predicted octanol–water partition coefficient (Wildman–Crippen LogP) is 1.74. The van der Waals surface area contributed by atoms with E-state index in [1.165, 1.54) is 4.31 Å². The van der Waals surface area contributed by atoms with Gasteiger partial charge in [-0.05, 0) is 30.4 Å². The number of carboxylic acid groups (broad SMARTS) is 1. The molecule has 0 aromatic heterocycles. The van der Waals surface area contributed by atoms with E-state index in [2.05, 4.69) is 23.5 Å². The first-order chi connectivity index (χ1) is 13.2. The predicted molar refractivity (Wildman–Crippen MR) is 108 cm³/mol. The molecule has 3 atom stereocenters. The third-order valence-electron chi connectivity index (χ3n) is 6.10. The van der Waals surface area contributed by atoms with Gasteiger partial charge in [0, 0.05) is 32.1 Å². The lowest BCUT2D eigenvalue weighted by Crippen LogP contribution is -2.56. The van der Waals surface area contributed by atoms with Crippen molar-refractivity contribution < 1.29 is 18.3 Å². The van der Waals surface area contributed by atoms with Crippen LogP contribution in [0.1, 0.15) is 38.7 Å². The van der Waals surface area contributed by atoms with Crippen LogP contribution in [-0.2, 0) is 15.0 Å². The second-order valence-corrected chi connectivity index (χ2v) is 10.1. The van der Waals surface area contributed by atoms with Crippen LogP contribution in [0.25, 0.3) is 0 Å². The highest BCUT2D eigenvalue weighted by Crippen LogP contribution is 2.57. The number of piperazine rings is 1. The van der Waals surface area contributed by atoms with Crippen molar-refractivity contribution in [2.45, 2.75) is 38.6 Å². The summed E-state index contributed by atoms with van der Waals surface area (Å²) in [7, 11) is -3.88. The molecule has 7 nitrogen and oxygen atoms in total. The second-order valence-electron chi connectivity index (χ2n) is 8.38. The standard InChI is InChI=1S/C20H31N3O4S/c1-15(2)9-10-22-11-13-23(14-12-22)28(26,27)21-20(19(24)25)16(3)18(20)17-7-5-4-6-8-17/h4-8,15-16,18,21H,9-14H2,1-3H3,(H,24,25)/t16-,18-,20+/m1/s1. The Morgan fingerprint density at radius 2 is 1.82 bits per heavy atom. The van der Waals surface area contributed by atoms with Crippen LogP contribution in [0.3, 0.4) is 0 Å². The van der Waals surface area contributed by atoms with Gasteiger partial charge in [-0.1, -0.05) is 51.1 Å². The number of rotatable bonds is 8. The van der Waals surface area contributed by atoms with Crippen molar-refractivity contribution in [2.24, 2.45) is 11.8 Å². The maximum absolute atomic E-state index is 13.0. The van der Waals surface area contributed by atoms with E-state index in [4.69, 9.17) is 0 Å². The van der Waals surface area contributed by atoms with Gasteiger partial charge in [-0.3, -0.25) is 4.79 Å². The first-order valence-electron chi connectivity index (χ1n) is 9.98. The molecule has 1 aliphatic carbocycles. The van der Waals surface area contributed by atoms with Crippen LogP contribution in [0.2, 0.25) is 0 Å². The minimum atomic E-state index is -3.88. The Kier molecular flexibility index (Phi) is 6.14. The molecule has 8 heteroatoms. The molecule has 1 heterocycles. The van der Waals surface area contributed by atoms with Crippen molar-refractivity contribution in [3.63, 3.8) is 0 Å². The number of benzene rings is 1. The summed E-state index contributed by atoms with van der Waals surface area (Å²) in [6, 6.07) is 9.26. The average Bonchev–Trinajstić information content (AvgIpc) is 3.25. The summed E-state index contributed by atoms with van der Waals surface area (Å²) in [5, 5.41) is 9.88. The van der Waals surface area contributed by atoms with Crippen molar-refractivity contribution in [3.8, 4) is 0 Å². The van der Waals surface area contributed by atoms with Crippen LogP contribution in [0.5, 0.6) is 0 Å². The molecule has 0 amide bonds. The van der Waals surface area contributed by atoms with E-state index in [0.29, 0.717) is 32.1 Å². The van der Waals surface area contributed by atoms with Gasteiger partial charge in [-0.15, -0.1) is 0 Å². The normalized spacial score (nSPS) is 29.1. The van der Waals surface area contributed by atoms with Gasteiger partial charge < -0.3 is 10.0 Å². The summed E-state index contributed by atoms with van der Waals surface area (Å²) < 4.78 is 29.9. The molecular weight excluding hydrogens is 378 g/mol. The zero-order valence-corrected chi connectivity index (χ0v) is 17.7. The molecule has 1 saturated heterocycles. The number of carbonyl (C=O) groups is 1. The lowest BCUT2D eigenvalue weighted by atomic mass is 10.1. The van der Waals surface area contributed by atoms with Gasteiger partial charge >= 0.3 is 5.97 Å².